The van der Waals surface area contributed by atoms with Gasteiger partial charge < -0.3 is 10.2 Å². The SMILES string of the molecule is Cc1ccc(NC(=O)C2CCCCN2c2ccccn2)cc1-c1ncc(F)cn1. The summed E-state index contributed by atoms with van der Waals surface area (Å²) in [5.74, 6) is 0.692. The zero-order valence-electron chi connectivity index (χ0n) is 16.2. The normalized spacial score (nSPS) is 16.5. The van der Waals surface area contributed by atoms with E-state index in [1.54, 1.807) is 6.20 Å². The number of benzene rings is 1. The van der Waals surface area contributed by atoms with Gasteiger partial charge in [0.2, 0.25) is 5.91 Å². The summed E-state index contributed by atoms with van der Waals surface area (Å²) >= 11 is 0. The van der Waals surface area contributed by atoms with Crippen LogP contribution in [0, 0.1) is 12.7 Å². The highest BCUT2D eigenvalue weighted by molar-refractivity contribution is 5.97. The molecule has 1 atom stereocenters. The van der Waals surface area contributed by atoms with Crippen LogP contribution in [0.5, 0.6) is 0 Å². The number of hydrogen-bond donors (Lipinski definition) is 1. The molecule has 0 aliphatic carbocycles. The van der Waals surface area contributed by atoms with Crippen LogP contribution in [0.4, 0.5) is 15.9 Å². The Kier molecular flexibility index (Phi) is 5.46. The number of nitrogens with zero attached hydrogens (tertiary/aromatic N) is 4. The maximum absolute atomic E-state index is 13.1. The van der Waals surface area contributed by atoms with Crippen molar-refractivity contribution in [2.75, 3.05) is 16.8 Å². The van der Waals surface area contributed by atoms with Gasteiger partial charge in [0, 0.05) is 24.0 Å². The molecule has 1 saturated heterocycles. The van der Waals surface area contributed by atoms with Crippen molar-refractivity contribution in [2.45, 2.75) is 32.2 Å². The molecule has 3 heterocycles. The lowest BCUT2D eigenvalue weighted by molar-refractivity contribution is -0.117. The van der Waals surface area contributed by atoms with Gasteiger partial charge in [-0.15, -0.1) is 0 Å². The Morgan fingerprint density at radius 3 is 2.72 bits per heavy atom. The number of halogens is 1. The summed E-state index contributed by atoms with van der Waals surface area (Å²) in [6, 6.07) is 11.0. The number of anilines is 2. The number of carbonyl (C=O) groups is 1. The van der Waals surface area contributed by atoms with Crippen molar-refractivity contribution in [1.29, 1.82) is 0 Å². The molecule has 1 fully saturated rings. The second kappa shape index (κ2) is 8.34. The number of hydrogen-bond acceptors (Lipinski definition) is 5. The lowest BCUT2D eigenvalue weighted by Crippen LogP contribution is -2.47. The summed E-state index contributed by atoms with van der Waals surface area (Å²) in [4.78, 5) is 27.7. The Bertz CT molecular complexity index is 994. The van der Waals surface area contributed by atoms with Crippen LogP contribution in [-0.4, -0.2) is 33.4 Å². The molecule has 29 heavy (non-hydrogen) atoms. The van der Waals surface area contributed by atoms with E-state index in [2.05, 4.69) is 25.2 Å². The first-order valence-corrected chi connectivity index (χ1v) is 9.69. The van der Waals surface area contributed by atoms with Crippen molar-refractivity contribution in [2.24, 2.45) is 0 Å². The van der Waals surface area contributed by atoms with Gasteiger partial charge in [-0.3, -0.25) is 4.79 Å². The predicted octanol–water partition coefficient (Wildman–Crippen LogP) is 3.98. The number of amides is 1. The van der Waals surface area contributed by atoms with Crippen LogP contribution in [0.2, 0.25) is 0 Å². The summed E-state index contributed by atoms with van der Waals surface area (Å²) in [7, 11) is 0. The zero-order chi connectivity index (χ0) is 20.2. The predicted molar refractivity (Wildman–Crippen MR) is 110 cm³/mol. The molecule has 1 aliphatic rings. The minimum atomic E-state index is -0.484. The van der Waals surface area contributed by atoms with Crippen molar-refractivity contribution in [3.8, 4) is 11.4 Å². The van der Waals surface area contributed by atoms with Gasteiger partial charge in [-0.25, -0.2) is 19.3 Å². The molecule has 0 spiro atoms. The standard InChI is InChI=1S/C22H22FN5O/c1-15-8-9-17(12-18(15)21-25-13-16(23)14-26-21)27-22(29)19-6-3-5-11-28(19)20-7-2-4-10-24-20/h2,4,7-10,12-14,19H,3,5-6,11H2,1H3,(H,27,29). The Morgan fingerprint density at radius 1 is 1.14 bits per heavy atom. The van der Waals surface area contributed by atoms with E-state index < -0.39 is 5.82 Å². The van der Waals surface area contributed by atoms with Gasteiger partial charge in [-0.2, -0.15) is 0 Å². The molecule has 0 saturated carbocycles. The molecule has 4 rings (SSSR count). The summed E-state index contributed by atoms with van der Waals surface area (Å²) in [5, 5.41) is 3.02. The molecule has 2 aromatic heterocycles. The van der Waals surface area contributed by atoms with Crippen LogP contribution >= 0.6 is 0 Å². The average molecular weight is 391 g/mol. The van der Waals surface area contributed by atoms with Crippen LogP contribution in [-0.2, 0) is 4.79 Å². The minimum Gasteiger partial charge on any atom is -0.345 e. The quantitative estimate of drug-likeness (QED) is 0.728. The second-order valence-electron chi connectivity index (χ2n) is 7.14. The topological polar surface area (TPSA) is 71.0 Å². The van der Waals surface area contributed by atoms with Crippen molar-refractivity contribution in [3.63, 3.8) is 0 Å². The molecular weight excluding hydrogens is 369 g/mol. The lowest BCUT2D eigenvalue weighted by atomic mass is 10.0. The number of aromatic nitrogens is 3. The highest BCUT2D eigenvalue weighted by Crippen LogP contribution is 2.26. The molecule has 0 radical (unpaired) electrons. The number of piperidine rings is 1. The van der Waals surface area contributed by atoms with E-state index in [1.165, 1.54) is 0 Å². The van der Waals surface area contributed by atoms with E-state index >= 15 is 0 Å². The number of pyridine rings is 1. The fraction of sp³-hybridized carbons (Fsp3) is 0.273. The maximum Gasteiger partial charge on any atom is 0.247 e. The average Bonchev–Trinajstić information content (AvgIpc) is 2.76. The van der Waals surface area contributed by atoms with Gasteiger partial charge in [0.15, 0.2) is 11.6 Å². The molecule has 3 aromatic rings. The Morgan fingerprint density at radius 2 is 1.97 bits per heavy atom. The van der Waals surface area contributed by atoms with Crippen molar-refractivity contribution >= 4 is 17.4 Å². The molecule has 1 amide bonds. The zero-order valence-corrected chi connectivity index (χ0v) is 16.2. The second-order valence-corrected chi connectivity index (χ2v) is 7.14. The van der Waals surface area contributed by atoms with E-state index in [4.69, 9.17) is 0 Å². The van der Waals surface area contributed by atoms with Crippen LogP contribution in [0.1, 0.15) is 24.8 Å². The van der Waals surface area contributed by atoms with E-state index in [0.29, 0.717) is 11.5 Å². The van der Waals surface area contributed by atoms with Gasteiger partial charge in [0.25, 0.3) is 0 Å². The summed E-state index contributed by atoms with van der Waals surface area (Å²) in [6.45, 7) is 2.73. The Labute approximate surface area is 168 Å². The van der Waals surface area contributed by atoms with Crippen LogP contribution < -0.4 is 10.2 Å². The van der Waals surface area contributed by atoms with Crippen LogP contribution in [0.25, 0.3) is 11.4 Å². The van der Waals surface area contributed by atoms with Crippen molar-refractivity contribution in [3.05, 3.63) is 66.4 Å². The van der Waals surface area contributed by atoms with Gasteiger partial charge in [-0.1, -0.05) is 12.1 Å². The fourth-order valence-corrected chi connectivity index (χ4v) is 3.62. The molecule has 6 nitrogen and oxygen atoms in total. The number of aryl methyl sites for hydroxylation is 1. The van der Waals surface area contributed by atoms with Gasteiger partial charge in [0.1, 0.15) is 11.9 Å². The first kappa shape index (κ1) is 19.0. The molecule has 0 bridgehead atoms. The summed E-state index contributed by atoms with van der Waals surface area (Å²) in [6.07, 6.45) is 6.84. The molecule has 7 heteroatoms. The highest BCUT2D eigenvalue weighted by atomic mass is 19.1. The van der Waals surface area contributed by atoms with Crippen LogP contribution in [0.15, 0.2) is 55.0 Å². The Balaban J connectivity index is 1.56. The maximum atomic E-state index is 13.1. The third-order valence-electron chi connectivity index (χ3n) is 5.12. The largest absolute Gasteiger partial charge is 0.345 e. The molecule has 148 valence electrons. The first-order valence-electron chi connectivity index (χ1n) is 9.69. The van der Waals surface area contributed by atoms with E-state index in [-0.39, 0.29) is 11.9 Å². The number of carbonyl (C=O) groups excluding carboxylic acids is 1. The first-order chi connectivity index (χ1) is 14.1. The third-order valence-corrected chi connectivity index (χ3v) is 5.12. The van der Waals surface area contributed by atoms with Gasteiger partial charge in [-0.05, 0) is 56.0 Å². The lowest BCUT2D eigenvalue weighted by Gasteiger charge is -2.35. The molecule has 1 N–H and O–H groups in total. The Hall–Kier alpha value is -3.35. The van der Waals surface area contributed by atoms with Crippen LogP contribution in [0.3, 0.4) is 0 Å². The smallest absolute Gasteiger partial charge is 0.247 e. The summed E-state index contributed by atoms with van der Waals surface area (Å²) in [5.41, 5.74) is 2.37. The fourth-order valence-electron chi connectivity index (χ4n) is 3.62. The highest BCUT2D eigenvalue weighted by Gasteiger charge is 2.29. The number of nitrogens with one attached hydrogen (secondary N) is 1. The van der Waals surface area contributed by atoms with E-state index in [9.17, 15) is 9.18 Å². The van der Waals surface area contributed by atoms with Crippen molar-refractivity contribution < 1.29 is 9.18 Å². The summed E-state index contributed by atoms with van der Waals surface area (Å²) < 4.78 is 13.1. The monoisotopic (exact) mass is 391 g/mol. The van der Waals surface area contributed by atoms with Crippen molar-refractivity contribution in [1.82, 2.24) is 15.0 Å². The van der Waals surface area contributed by atoms with Gasteiger partial charge >= 0.3 is 0 Å². The number of rotatable bonds is 4. The molecule has 1 aliphatic heterocycles. The molecular formula is C22H22FN5O. The molecule has 1 aromatic carbocycles. The van der Waals surface area contributed by atoms with E-state index in [0.717, 1.165) is 55.1 Å². The van der Waals surface area contributed by atoms with E-state index in [1.807, 2.05) is 43.3 Å². The third kappa shape index (κ3) is 4.23. The molecule has 1 unspecified atom stereocenters. The van der Waals surface area contributed by atoms with Gasteiger partial charge in [0.05, 0.1) is 12.4 Å². The minimum absolute atomic E-state index is 0.0646.